The summed E-state index contributed by atoms with van der Waals surface area (Å²) in [4.78, 5) is 16.8. The van der Waals surface area contributed by atoms with Gasteiger partial charge in [-0.15, -0.1) is 11.8 Å². The van der Waals surface area contributed by atoms with E-state index in [0.717, 1.165) is 61.5 Å². The number of rotatable bonds is 8. The normalized spacial score (nSPS) is 25.2. The van der Waals surface area contributed by atoms with E-state index in [9.17, 15) is 9.90 Å². The molecule has 0 aromatic carbocycles. The lowest BCUT2D eigenvalue weighted by Crippen LogP contribution is -2.52. The summed E-state index contributed by atoms with van der Waals surface area (Å²) in [6.45, 7) is 8.30. The van der Waals surface area contributed by atoms with Crippen LogP contribution in [0.25, 0.3) is 0 Å². The van der Waals surface area contributed by atoms with Crippen LogP contribution in [0.5, 0.6) is 0 Å². The molecule has 3 aliphatic rings. The second-order valence-electron chi connectivity index (χ2n) is 7.82. The van der Waals surface area contributed by atoms with Crippen LogP contribution >= 0.6 is 11.8 Å². The number of ether oxygens (including phenoxy) is 1. The SMILES string of the molecule is CCSC1=C(C(=O)O)C(C)=CC(N2CCOCC2)N1CCCC1CCCC1. The first-order valence-electron chi connectivity index (χ1n) is 10.5. The summed E-state index contributed by atoms with van der Waals surface area (Å²) in [6, 6.07) is 0. The smallest absolute Gasteiger partial charge is 0.338 e. The molecular formula is C21H34N2O3S. The van der Waals surface area contributed by atoms with E-state index in [1.807, 2.05) is 6.92 Å². The van der Waals surface area contributed by atoms with Gasteiger partial charge in [-0.25, -0.2) is 4.79 Å². The number of carbonyl (C=O) groups is 1. The van der Waals surface area contributed by atoms with Crippen molar-refractivity contribution in [1.82, 2.24) is 9.80 Å². The van der Waals surface area contributed by atoms with E-state index in [4.69, 9.17) is 4.74 Å². The number of morpholine rings is 1. The lowest BCUT2D eigenvalue weighted by Gasteiger charge is -2.44. The monoisotopic (exact) mass is 394 g/mol. The van der Waals surface area contributed by atoms with Crippen LogP contribution in [0.1, 0.15) is 52.4 Å². The van der Waals surface area contributed by atoms with Crippen LogP contribution in [0, 0.1) is 5.92 Å². The summed E-state index contributed by atoms with van der Waals surface area (Å²) in [5.41, 5.74) is 1.38. The van der Waals surface area contributed by atoms with Gasteiger partial charge in [-0.2, -0.15) is 0 Å². The average molecular weight is 395 g/mol. The maximum absolute atomic E-state index is 12.0. The van der Waals surface area contributed by atoms with Crippen molar-refractivity contribution in [2.45, 2.75) is 58.5 Å². The van der Waals surface area contributed by atoms with Crippen molar-refractivity contribution in [3.63, 3.8) is 0 Å². The average Bonchev–Trinajstić information content (AvgIpc) is 3.17. The van der Waals surface area contributed by atoms with E-state index in [1.54, 1.807) is 11.8 Å². The van der Waals surface area contributed by atoms with Gasteiger partial charge >= 0.3 is 5.97 Å². The molecule has 0 amide bonds. The summed E-state index contributed by atoms with van der Waals surface area (Å²) < 4.78 is 5.54. The lowest BCUT2D eigenvalue weighted by molar-refractivity contribution is -0.132. The number of hydrogen-bond acceptors (Lipinski definition) is 5. The fourth-order valence-electron chi connectivity index (χ4n) is 4.61. The highest BCUT2D eigenvalue weighted by Crippen LogP contribution is 2.37. The minimum atomic E-state index is -0.805. The third kappa shape index (κ3) is 5.09. The molecule has 5 nitrogen and oxygen atoms in total. The van der Waals surface area contributed by atoms with Crippen LogP contribution in [-0.2, 0) is 9.53 Å². The molecule has 6 heteroatoms. The van der Waals surface area contributed by atoms with Gasteiger partial charge in [0.15, 0.2) is 0 Å². The fourth-order valence-corrected chi connectivity index (χ4v) is 5.64. The first-order valence-corrected chi connectivity index (χ1v) is 11.5. The van der Waals surface area contributed by atoms with E-state index in [1.165, 1.54) is 32.1 Å². The molecule has 2 aliphatic heterocycles. The maximum atomic E-state index is 12.0. The van der Waals surface area contributed by atoms with Gasteiger partial charge < -0.3 is 14.7 Å². The Morgan fingerprint density at radius 3 is 2.63 bits per heavy atom. The molecule has 1 unspecified atom stereocenters. The molecule has 0 bridgehead atoms. The van der Waals surface area contributed by atoms with Gasteiger partial charge in [0.2, 0.25) is 0 Å². The molecule has 0 aromatic heterocycles. The van der Waals surface area contributed by atoms with Crippen LogP contribution in [0.2, 0.25) is 0 Å². The Bertz CT molecular complexity index is 578. The van der Waals surface area contributed by atoms with Crippen molar-refractivity contribution >= 4 is 17.7 Å². The van der Waals surface area contributed by atoms with Gasteiger partial charge in [0.25, 0.3) is 0 Å². The second kappa shape index (κ2) is 9.99. The van der Waals surface area contributed by atoms with Crippen LogP contribution < -0.4 is 0 Å². The Kier molecular flexibility index (Phi) is 7.67. The standard InChI is InChI=1S/C21H34N2O3S/c1-3-27-20-19(21(24)25)16(2)15-18(22-11-13-26-14-12-22)23(20)10-6-9-17-7-4-5-8-17/h15,17-18H,3-14H2,1-2H3,(H,24,25). The number of hydrogen-bond donors (Lipinski definition) is 1. The van der Waals surface area contributed by atoms with E-state index in [2.05, 4.69) is 22.8 Å². The van der Waals surface area contributed by atoms with Crippen molar-refractivity contribution < 1.29 is 14.6 Å². The largest absolute Gasteiger partial charge is 0.478 e. The molecule has 1 atom stereocenters. The molecular weight excluding hydrogens is 360 g/mol. The van der Waals surface area contributed by atoms with Gasteiger partial charge in [-0.3, -0.25) is 4.90 Å². The topological polar surface area (TPSA) is 53.0 Å². The fraction of sp³-hybridized carbons (Fsp3) is 0.762. The molecule has 2 fully saturated rings. The Hall–Kier alpha value is -0.980. The van der Waals surface area contributed by atoms with Crippen molar-refractivity contribution in [2.75, 3.05) is 38.6 Å². The molecule has 0 aromatic rings. The third-order valence-electron chi connectivity index (χ3n) is 5.99. The van der Waals surface area contributed by atoms with Crippen molar-refractivity contribution in [1.29, 1.82) is 0 Å². The van der Waals surface area contributed by atoms with E-state index in [-0.39, 0.29) is 6.17 Å². The molecule has 3 rings (SSSR count). The highest BCUT2D eigenvalue weighted by atomic mass is 32.2. The molecule has 1 saturated heterocycles. The van der Waals surface area contributed by atoms with Crippen molar-refractivity contribution in [3.8, 4) is 0 Å². The van der Waals surface area contributed by atoms with E-state index in [0.29, 0.717) is 5.57 Å². The van der Waals surface area contributed by atoms with Gasteiger partial charge in [-0.1, -0.05) is 32.6 Å². The Morgan fingerprint density at radius 1 is 1.30 bits per heavy atom. The Balaban J connectivity index is 1.80. The van der Waals surface area contributed by atoms with Crippen LogP contribution in [0.4, 0.5) is 0 Å². The van der Waals surface area contributed by atoms with Crippen molar-refractivity contribution in [2.24, 2.45) is 5.92 Å². The van der Waals surface area contributed by atoms with Gasteiger partial charge in [0, 0.05) is 19.6 Å². The number of aliphatic carboxylic acids is 1. The number of thioether (sulfide) groups is 1. The Labute approximate surface area is 167 Å². The molecule has 152 valence electrons. The quantitative estimate of drug-likeness (QED) is 0.673. The zero-order valence-electron chi connectivity index (χ0n) is 16.8. The van der Waals surface area contributed by atoms with E-state index < -0.39 is 5.97 Å². The minimum Gasteiger partial charge on any atom is -0.478 e. The molecule has 0 spiro atoms. The predicted molar refractivity (Wildman–Crippen MR) is 111 cm³/mol. The highest BCUT2D eigenvalue weighted by Gasteiger charge is 2.34. The van der Waals surface area contributed by atoms with Crippen molar-refractivity contribution in [3.05, 3.63) is 22.3 Å². The lowest BCUT2D eigenvalue weighted by atomic mass is 10.00. The number of nitrogens with zero attached hydrogens (tertiary/aromatic N) is 2. The molecule has 27 heavy (non-hydrogen) atoms. The zero-order valence-corrected chi connectivity index (χ0v) is 17.6. The maximum Gasteiger partial charge on any atom is 0.338 e. The zero-order chi connectivity index (χ0) is 19.2. The van der Waals surface area contributed by atoms with E-state index >= 15 is 0 Å². The number of carboxylic acid groups (broad SMARTS) is 1. The van der Waals surface area contributed by atoms with Crippen LogP contribution in [-0.4, -0.2) is 65.6 Å². The summed E-state index contributed by atoms with van der Waals surface area (Å²) in [5.74, 6) is 0.953. The second-order valence-corrected chi connectivity index (χ2v) is 9.07. The molecule has 1 aliphatic carbocycles. The van der Waals surface area contributed by atoms with Crippen LogP contribution in [0.15, 0.2) is 22.3 Å². The molecule has 1 N–H and O–H groups in total. The Morgan fingerprint density at radius 2 is 2.00 bits per heavy atom. The predicted octanol–water partition coefficient (Wildman–Crippen LogP) is 3.93. The van der Waals surface area contributed by atoms with Gasteiger partial charge in [0.05, 0.1) is 23.8 Å². The van der Waals surface area contributed by atoms with Gasteiger partial charge in [0.1, 0.15) is 6.17 Å². The first kappa shape index (κ1) is 20.7. The summed E-state index contributed by atoms with van der Waals surface area (Å²) >= 11 is 1.68. The molecule has 0 radical (unpaired) electrons. The summed E-state index contributed by atoms with van der Waals surface area (Å²) in [6.07, 6.45) is 10.2. The highest BCUT2D eigenvalue weighted by molar-refractivity contribution is 8.03. The third-order valence-corrected chi connectivity index (χ3v) is 6.99. The van der Waals surface area contributed by atoms with Crippen LogP contribution in [0.3, 0.4) is 0 Å². The summed E-state index contributed by atoms with van der Waals surface area (Å²) in [5, 5.41) is 10.8. The molecule has 1 saturated carbocycles. The summed E-state index contributed by atoms with van der Waals surface area (Å²) in [7, 11) is 0. The molecule has 2 heterocycles. The minimum absolute atomic E-state index is 0.148. The number of carboxylic acids is 1. The van der Waals surface area contributed by atoms with Gasteiger partial charge in [-0.05, 0) is 43.1 Å². The first-order chi connectivity index (χ1) is 13.1.